The first-order valence-electron chi connectivity index (χ1n) is 8.96. The largest absolute Gasteiger partial charge is 0.465 e. The zero-order valence-electron chi connectivity index (χ0n) is 16.2. The molecule has 3 rings (SSSR count). The fraction of sp³-hybridized carbons (Fsp3) is 0.333. The third kappa shape index (κ3) is 4.88. The number of carbonyl (C=O) groups is 1. The summed E-state index contributed by atoms with van der Waals surface area (Å²) >= 11 is 0. The molecule has 3 aromatic rings. The number of hydrogen-bond acceptors (Lipinski definition) is 6. The number of hydrogen-bond donors (Lipinski definition) is 3. The summed E-state index contributed by atoms with van der Waals surface area (Å²) in [6, 6.07) is 5.37. The molecule has 1 amide bonds. The molecule has 0 atom stereocenters. The highest BCUT2D eigenvalue weighted by Gasteiger charge is 2.35. The lowest BCUT2D eigenvalue weighted by Gasteiger charge is -2.16. The number of halogens is 3. The first-order valence-corrected chi connectivity index (χ1v) is 8.96. The minimum atomic E-state index is -4.63. The number of nitrogens with one attached hydrogen (secondary N) is 2. The fourth-order valence-corrected chi connectivity index (χ4v) is 2.75. The predicted molar refractivity (Wildman–Crippen MR) is 105 cm³/mol. The Kier molecular flexibility index (Phi) is 5.94. The Hall–Kier alpha value is -3.57. The van der Waals surface area contributed by atoms with Crippen molar-refractivity contribution in [2.75, 3.05) is 30.8 Å². The SMILES string of the molecule is CN(CCCNc1nc(Nc2ccc3cnn(C)c3c2)ncc1C(F)(F)F)C(=O)O. The van der Waals surface area contributed by atoms with Gasteiger partial charge < -0.3 is 20.6 Å². The lowest BCUT2D eigenvalue weighted by atomic mass is 10.2. The Labute approximate surface area is 169 Å². The quantitative estimate of drug-likeness (QED) is 0.499. The van der Waals surface area contributed by atoms with E-state index in [0.29, 0.717) is 18.3 Å². The molecule has 2 heterocycles. The number of amides is 1. The molecule has 0 saturated carbocycles. The highest BCUT2D eigenvalue weighted by atomic mass is 19.4. The van der Waals surface area contributed by atoms with Crippen LogP contribution in [0.25, 0.3) is 10.9 Å². The number of benzene rings is 1. The minimum absolute atomic E-state index is 0.00493. The summed E-state index contributed by atoms with van der Waals surface area (Å²) in [4.78, 5) is 19.6. The van der Waals surface area contributed by atoms with Gasteiger partial charge >= 0.3 is 12.3 Å². The van der Waals surface area contributed by atoms with Gasteiger partial charge in [-0.2, -0.15) is 23.3 Å². The van der Waals surface area contributed by atoms with Gasteiger partial charge in [0, 0.05) is 44.5 Å². The Morgan fingerprint density at radius 2 is 2.07 bits per heavy atom. The standard InChI is InChI=1S/C18H20F3N7O2/c1-27(17(29)30)7-3-6-22-15-13(18(19,20)21)10-23-16(26-15)25-12-5-4-11-9-24-28(2)14(11)8-12/h4-5,8-10H,3,6-7H2,1-2H3,(H,29,30)(H2,22,23,25,26). The smallest absolute Gasteiger partial charge is 0.421 e. The second kappa shape index (κ2) is 8.43. The van der Waals surface area contributed by atoms with Gasteiger partial charge in [0.05, 0.1) is 11.7 Å². The number of aryl methyl sites for hydroxylation is 1. The first kappa shape index (κ1) is 21.1. The Morgan fingerprint density at radius 1 is 1.30 bits per heavy atom. The number of carboxylic acid groups (broad SMARTS) is 1. The summed E-state index contributed by atoms with van der Waals surface area (Å²) in [5.74, 6) is -0.380. The van der Waals surface area contributed by atoms with Crippen molar-refractivity contribution >= 4 is 34.4 Å². The van der Waals surface area contributed by atoms with E-state index in [4.69, 9.17) is 5.11 Å². The molecular formula is C18H20F3N7O2. The van der Waals surface area contributed by atoms with Gasteiger partial charge in [-0.25, -0.2) is 9.78 Å². The van der Waals surface area contributed by atoms with Gasteiger partial charge in [-0.05, 0) is 24.6 Å². The van der Waals surface area contributed by atoms with Gasteiger partial charge in [-0.3, -0.25) is 4.68 Å². The molecule has 0 fully saturated rings. The first-order chi connectivity index (χ1) is 14.1. The van der Waals surface area contributed by atoms with Crippen LogP contribution in [0.3, 0.4) is 0 Å². The van der Waals surface area contributed by atoms with E-state index < -0.39 is 17.8 Å². The second-order valence-corrected chi connectivity index (χ2v) is 6.60. The molecule has 160 valence electrons. The van der Waals surface area contributed by atoms with Crippen LogP contribution in [0.5, 0.6) is 0 Å². The van der Waals surface area contributed by atoms with Crippen LogP contribution in [0, 0.1) is 0 Å². The number of nitrogens with zero attached hydrogens (tertiary/aromatic N) is 5. The molecule has 12 heteroatoms. The van der Waals surface area contributed by atoms with E-state index in [-0.39, 0.29) is 24.9 Å². The average molecular weight is 423 g/mol. The lowest BCUT2D eigenvalue weighted by Crippen LogP contribution is -2.27. The maximum Gasteiger partial charge on any atom is 0.421 e. The summed E-state index contributed by atoms with van der Waals surface area (Å²) < 4.78 is 41.6. The molecule has 0 bridgehead atoms. The Balaban J connectivity index is 1.77. The van der Waals surface area contributed by atoms with Crippen molar-refractivity contribution in [3.63, 3.8) is 0 Å². The number of rotatable bonds is 7. The molecule has 1 aromatic carbocycles. The fourth-order valence-electron chi connectivity index (χ4n) is 2.75. The van der Waals surface area contributed by atoms with Gasteiger partial charge in [0.15, 0.2) is 0 Å². The van der Waals surface area contributed by atoms with E-state index in [1.54, 1.807) is 30.1 Å². The number of aromatic nitrogens is 4. The highest BCUT2D eigenvalue weighted by molar-refractivity contribution is 5.83. The van der Waals surface area contributed by atoms with Crippen molar-refractivity contribution in [1.82, 2.24) is 24.6 Å². The number of anilines is 3. The summed E-state index contributed by atoms with van der Waals surface area (Å²) in [5.41, 5.74) is 0.439. The van der Waals surface area contributed by atoms with Crippen molar-refractivity contribution in [2.45, 2.75) is 12.6 Å². The van der Waals surface area contributed by atoms with Crippen LogP contribution >= 0.6 is 0 Å². The van der Waals surface area contributed by atoms with Gasteiger partial charge in [-0.1, -0.05) is 0 Å². The monoisotopic (exact) mass is 423 g/mol. The van der Waals surface area contributed by atoms with Crippen molar-refractivity contribution in [2.24, 2.45) is 7.05 Å². The van der Waals surface area contributed by atoms with Crippen LogP contribution in [0.1, 0.15) is 12.0 Å². The van der Waals surface area contributed by atoms with Crippen LogP contribution in [-0.4, -0.2) is 56.0 Å². The zero-order valence-corrected chi connectivity index (χ0v) is 16.2. The van der Waals surface area contributed by atoms with Crippen LogP contribution in [0.2, 0.25) is 0 Å². The highest BCUT2D eigenvalue weighted by Crippen LogP contribution is 2.34. The summed E-state index contributed by atoms with van der Waals surface area (Å²) in [5, 5.41) is 19.4. The Morgan fingerprint density at radius 3 is 2.77 bits per heavy atom. The Bertz CT molecular complexity index is 1050. The molecule has 0 spiro atoms. The van der Waals surface area contributed by atoms with Gasteiger partial charge in [0.2, 0.25) is 5.95 Å². The lowest BCUT2D eigenvalue weighted by molar-refractivity contribution is -0.137. The summed E-state index contributed by atoms with van der Waals surface area (Å²) in [7, 11) is 3.17. The van der Waals surface area contributed by atoms with E-state index in [2.05, 4.69) is 25.7 Å². The summed E-state index contributed by atoms with van der Waals surface area (Å²) in [6.07, 6.45) is -3.01. The number of alkyl halides is 3. The third-order valence-electron chi connectivity index (χ3n) is 4.39. The van der Waals surface area contributed by atoms with Gasteiger partial charge in [0.1, 0.15) is 11.4 Å². The van der Waals surface area contributed by atoms with Crippen molar-refractivity contribution in [3.8, 4) is 0 Å². The van der Waals surface area contributed by atoms with E-state index in [1.807, 2.05) is 6.07 Å². The van der Waals surface area contributed by atoms with Crippen molar-refractivity contribution in [3.05, 3.63) is 36.2 Å². The molecular weight excluding hydrogens is 403 g/mol. The molecule has 0 aliphatic carbocycles. The molecule has 0 aliphatic heterocycles. The summed E-state index contributed by atoms with van der Waals surface area (Å²) in [6.45, 7) is 0.280. The molecule has 0 radical (unpaired) electrons. The molecule has 30 heavy (non-hydrogen) atoms. The molecule has 2 aromatic heterocycles. The van der Waals surface area contributed by atoms with Crippen LogP contribution in [0.4, 0.5) is 35.4 Å². The van der Waals surface area contributed by atoms with E-state index in [1.165, 1.54) is 7.05 Å². The predicted octanol–water partition coefficient (Wildman–Crippen LogP) is 3.54. The molecule has 0 saturated heterocycles. The van der Waals surface area contributed by atoms with Crippen molar-refractivity contribution < 1.29 is 23.1 Å². The van der Waals surface area contributed by atoms with Crippen molar-refractivity contribution in [1.29, 1.82) is 0 Å². The normalized spacial score (nSPS) is 11.5. The molecule has 0 aliphatic rings. The maximum absolute atomic E-state index is 13.3. The minimum Gasteiger partial charge on any atom is -0.465 e. The average Bonchev–Trinajstić information content (AvgIpc) is 3.04. The van der Waals surface area contributed by atoms with E-state index in [0.717, 1.165) is 15.8 Å². The topological polar surface area (TPSA) is 108 Å². The van der Waals surface area contributed by atoms with E-state index >= 15 is 0 Å². The second-order valence-electron chi connectivity index (χ2n) is 6.60. The van der Waals surface area contributed by atoms with Gasteiger partial charge in [-0.15, -0.1) is 0 Å². The van der Waals surface area contributed by atoms with E-state index in [9.17, 15) is 18.0 Å². The number of fused-ring (bicyclic) bond motifs is 1. The zero-order chi connectivity index (χ0) is 21.9. The maximum atomic E-state index is 13.3. The van der Waals surface area contributed by atoms with Crippen LogP contribution in [0.15, 0.2) is 30.6 Å². The molecule has 9 nitrogen and oxygen atoms in total. The molecule has 0 unspecified atom stereocenters. The third-order valence-corrected chi connectivity index (χ3v) is 4.39. The van der Waals surface area contributed by atoms with Gasteiger partial charge in [0.25, 0.3) is 0 Å². The van der Waals surface area contributed by atoms with Crippen LogP contribution < -0.4 is 10.6 Å². The van der Waals surface area contributed by atoms with Crippen LogP contribution in [-0.2, 0) is 13.2 Å². The molecule has 3 N–H and O–H groups in total.